The lowest BCUT2D eigenvalue weighted by atomic mass is 9.88. The Hall–Kier alpha value is -2.04. The van der Waals surface area contributed by atoms with Crippen molar-refractivity contribution < 1.29 is 10.0 Å². The molecular formula is C15H21N3O2. The summed E-state index contributed by atoms with van der Waals surface area (Å²) in [5, 5.41) is 15.2. The maximum Gasteiger partial charge on any atom is 0.252 e. The van der Waals surface area contributed by atoms with Crippen molar-refractivity contribution in [2.24, 2.45) is 10.9 Å². The van der Waals surface area contributed by atoms with Crippen LogP contribution in [-0.4, -0.2) is 22.5 Å². The Bertz CT molecular complexity index is 477. The quantitative estimate of drug-likeness (QED) is 0.260. The third-order valence-electron chi connectivity index (χ3n) is 3.94. The van der Waals surface area contributed by atoms with E-state index in [2.05, 4.69) is 10.5 Å². The van der Waals surface area contributed by atoms with Crippen LogP contribution in [0.25, 0.3) is 0 Å². The zero-order valence-electron chi connectivity index (χ0n) is 11.5. The first-order chi connectivity index (χ1) is 9.68. The molecule has 0 unspecified atom stereocenters. The number of rotatable bonds is 3. The molecule has 0 aromatic heterocycles. The van der Waals surface area contributed by atoms with Gasteiger partial charge >= 0.3 is 0 Å². The van der Waals surface area contributed by atoms with E-state index >= 15 is 0 Å². The van der Waals surface area contributed by atoms with E-state index in [9.17, 15) is 4.79 Å². The fraction of sp³-hybridized carbons (Fsp3) is 0.467. The Kier molecular flexibility index (Phi) is 4.61. The van der Waals surface area contributed by atoms with Crippen LogP contribution in [0.3, 0.4) is 0 Å². The molecule has 20 heavy (non-hydrogen) atoms. The zero-order valence-corrected chi connectivity index (χ0v) is 11.5. The molecule has 0 bridgehead atoms. The maximum absolute atomic E-state index is 12.3. The first kappa shape index (κ1) is 14.4. The van der Waals surface area contributed by atoms with Crippen molar-refractivity contribution in [3.63, 3.8) is 0 Å². The number of amidine groups is 1. The molecule has 1 saturated carbocycles. The Labute approximate surface area is 118 Å². The van der Waals surface area contributed by atoms with Gasteiger partial charge in [0.1, 0.15) is 5.54 Å². The summed E-state index contributed by atoms with van der Waals surface area (Å²) in [6, 6.07) is 9.01. The molecule has 1 amide bonds. The largest absolute Gasteiger partial charge is 0.409 e. The Morgan fingerprint density at radius 3 is 2.30 bits per heavy atom. The van der Waals surface area contributed by atoms with Crippen LogP contribution in [0.5, 0.6) is 0 Å². The Morgan fingerprint density at radius 1 is 1.15 bits per heavy atom. The van der Waals surface area contributed by atoms with Gasteiger partial charge in [0.2, 0.25) is 0 Å². The Balaban J connectivity index is 2.22. The number of benzene rings is 1. The van der Waals surface area contributed by atoms with Gasteiger partial charge in [0.15, 0.2) is 5.84 Å². The van der Waals surface area contributed by atoms with Gasteiger partial charge in [-0.25, -0.2) is 0 Å². The number of carbonyl (C=O) groups excluding carboxylic acids is 1. The van der Waals surface area contributed by atoms with Gasteiger partial charge in [0, 0.05) is 5.56 Å². The summed E-state index contributed by atoms with van der Waals surface area (Å²) in [5.74, 6) is -0.0808. The molecule has 1 aliphatic rings. The third kappa shape index (κ3) is 3.10. The minimum absolute atomic E-state index is 0.101. The highest BCUT2D eigenvalue weighted by Crippen LogP contribution is 2.28. The van der Waals surface area contributed by atoms with E-state index in [0.717, 1.165) is 25.7 Å². The van der Waals surface area contributed by atoms with Crippen LogP contribution >= 0.6 is 0 Å². The van der Waals surface area contributed by atoms with E-state index in [-0.39, 0.29) is 11.7 Å². The average Bonchev–Trinajstić information content (AvgIpc) is 2.74. The molecule has 1 aliphatic carbocycles. The van der Waals surface area contributed by atoms with E-state index < -0.39 is 5.54 Å². The molecule has 0 radical (unpaired) electrons. The summed E-state index contributed by atoms with van der Waals surface area (Å²) in [4.78, 5) is 12.3. The second kappa shape index (κ2) is 6.41. The first-order valence-electron chi connectivity index (χ1n) is 7.03. The summed E-state index contributed by atoms with van der Waals surface area (Å²) in [6.07, 6.45) is 5.57. The molecule has 5 nitrogen and oxygen atoms in total. The molecule has 2 rings (SSSR count). The van der Waals surface area contributed by atoms with Crippen molar-refractivity contribution in [2.45, 2.75) is 44.1 Å². The SMILES string of the molecule is N/C(=N/O)C1(NC(=O)c2ccccc2)CCCCCC1. The van der Waals surface area contributed by atoms with Crippen molar-refractivity contribution in [1.29, 1.82) is 0 Å². The van der Waals surface area contributed by atoms with Gasteiger partial charge in [0.25, 0.3) is 5.91 Å². The smallest absolute Gasteiger partial charge is 0.252 e. The van der Waals surface area contributed by atoms with Crippen LogP contribution in [0, 0.1) is 0 Å². The van der Waals surface area contributed by atoms with Crippen LogP contribution in [0.4, 0.5) is 0 Å². The third-order valence-corrected chi connectivity index (χ3v) is 3.94. The molecule has 0 saturated heterocycles. The summed E-state index contributed by atoms with van der Waals surface area (Å²) in [6.45, 7) is 0. The number of hydrogen-bond acceptors (Lipinski definition) is 3. The number of hydrogen-bond donors (Lipinski definition) is 3. The van der Waals surface area contributed by atoms with Crippen LogP contribution in [0.2, 0.25) is 0 Å². The van der Waals surface area contributed by atoms with Gasteiger partial charge in [0.05, 0.1) is 0 Å². The zero-order chi connectivity index (χ0) is 14.4. The fourth-order valence-corrected chi connectivity index (χ4v) is 2.75. The monoisotopic (exact) mass is 275 g/mol. The summed E-state index contributed by atoms with van der Waals surface area (Å²) < 4.78 is 0. The molecule has 0 atom stereocenters. The van der Waals surface area contributed by atoms with E-state index in [4.69, 9.17) is 10.9 Å². The molecule has 5 heteroatoms. The number of nitrogens with two attached hydrogens (primary N) is 1. The highest BCUT2D eigenvalue weighted by molar-refractivity contribution is 6.00. The summed E-state index contributed by atoms with van der Waals surface area (Å²) >= 11 is 0. The van der Waals surface area contributed by atoms with Gasteiger partial charge in [-0.3, -0.25) is 4.79 Å². The van der Waals surface area contributed by atoms with E-state index in [1.165, 1.54) is 0 Å². The van der Waals surface area contributed by atoms with Gasteiger partial charge in [-0.2, -0.15) is 0 Å². The molecule has 108 valence electrons. The molecule has 0 aliphatic heterocycles. The molecule has 1 aromatic rings. The van der Waals surface area contributed by atoms with Crippen molar-refractivity contribution in [3.05, 3.63) is 35.9 Å². The van der Waals surface area contributed by atoms with Crippen molar-refractivity contribution in [1.82, 2.24) is 5.32 Å². The van der Waals surface area contributed by atoms with E-state index in [0.29, 0.717) is 18.4 Å². The van der Waals surface area contributed by atoms with Crippen molar-refractivity contribution in [2.75, 3.05) is 0 Å². The number of nitrogens with one attached hydrogen (secondary N) is 1. The van der Waals surface area contributed by atoms with Crippen molar-refractivity contribution in [3.8, 4) is 0 Å². The highest BCUT2D eigenvalue weighted by Gasteiger charge is 2.37. The lowest BCUT2D eigenvalue weighted by molar-refractivity contribution is 0.0915. The lowest BCUT2D eigenvalue weighted by Crippen LogP contribution is -2.57. The van der Waals surface area contributed by atoms with Gasteiger partial charge < -0.3 is 16.3 Å². The van der Waals surface area contributed by atoms with Gasteiger partial charge in [-0.1, -0.05) is 49.0 Å². The van der Waals surface area contributed by atoms with Crippen LogP contribution in [0.15, 0.2) is 35.5 Å². The van der Waals surface area contributed by atoms with E-state index in [1.807, 2.05) is 18.2 Å². The minimum atomic E-state index is -0.724. The second-order valence-electron chi connectivity index (χ2n) is 5.30. The predicted octanol–water partition coefficient (Wildman–Crippen LogP) is 2.26. The minimum Gasteiger partial charge on any atom is -0.409 e. The normalized spacial score (nSPS) is 19.1. The number of nitrogens with zero attached hydrogens (tertiary/aromatic N) is 1. The molecular weight excluding hydrogens is 254 g/mol. The molecule has 1 fully saturated rings. The highest BCUT2D eigenvalue weighted by atomic mass is 16.4. The number of carbonyl (C=O) groups is 1. The Morgan fingerprint density at radius 2 is 1.75 bits per heavy atom. The second-order valence-corrected chi connectivity index (χ2v) is 5.30. The van der Waals surface area contributed by atoms with Crippen LogP contribution < -0.4 is 11.1 Å². The number of amides is 1. The van der Waals surface area contributed by atoms with Crippen LogP contribution in [0.1, 0.15) is 48.9 Å². The average molecular weight is 275 g/mol. The lowest BCUT2D eigenvalue weighted by Gasteiger charge is -2.32. The maximum atomic E-state index is 12.3. The first-order valence-corrected chi connectivity index (χ1v) is 7.03. The molecule has 1 aromatic carbocycles. The summed E-state index contributed by atoms with van der Waals surface area (Å²) in [7, 11) is 0. The molecule has 0 spiro atoms. The summed E-state index contributed by atoms with van der Waals surface area (Å²) in [5.41, 5.74) is 5.72. The van der Waals surface area contributed by atoms with Gasteiger partial charge in [-0.15, -0.1) is 0 Å². The molecule has 4 N–H and O–H groups in total. The van der Waals surface area contributed by atoms with E-state index in [1.54, 1.807) is 12.1 Å². The predicted molar refractivity (Wildman–Crippen MR) is 77.8 cm³/mol. The number of oxime groups is 1. The van der Waals surface area contributed by atoms with Crippen molar-refractivity contribution >= 4 is 11.7 Å². The topological polar surface area (TPSA) is 87.7 Å². The standard InChI is InChI=1S/C15H21N3O2/c16-14(18-20)15(10-6-1-2-7-11-15)17-13(19)12-8-4-3-5-9-12/h3-5,8-9,20H,1-2,6-7,10-11H2,(H2,16,18)(H,17,19). The van der Waals surface area contributed by atoms with Crippen LogP contribution in [-0.2, 0) is 0 Å². The fourth-order valence-electron chi connectivity index (χ4n) is 2.75. The molecule has 0 heterocycles. The van der Waals surface area contributed by atoms with Gasteiger partial charge in [-0.05, 0) is 25.0 Å².